The topological polar surface area (TPSA) is 60.5 Å². The summed E-state index contributed by atoms with van der Waals surface area (Å²) in [6.45, 7) is 0. The van der Waals surface area contributed by atoms with Crippen molar-refractivity contribution in [2.24, 2.45) is 0 Å². The van der Waals surface area contributed by atoms with Gasteiger partial charge in [0, 0.05) is 11.8 Å². The molecule has 1 aromatic carbocycles. The summed E-state index contributed by atoms with van der Waals surface area (Å²) >= 11 is 0. The molecular formula is C14H14N2O3. The number of carbonyl (C=O) groups is 1. The zero-order valence-electron chi connectivity index (χ0n) is 10.7. The summed E-state index contributed by atoms with van der Waals surface area (Å²) in [5.74, 6) is 0.851. The summed E-state index contributed by atoms with van der Waals surface area (Å²) in [7, 11) is 3.10. The van der Waals surface area contributed by atoms with E-state index in [1.54, 1.807) is 49.6 Å². The summed E-state index contributed by atoms with van der Waals surface area (Å²) in [4.78, 5) is 16.0. The van der Waals surface area contributed by atoms with Gasteiger partial charge in [0.15, 0.2) is 0 Å². The van der Waals surface area contributed by atoms with Crippen molar-refractivity contribution in [3.05, 3.63) is 48.2 Å². The Morgan fingerprint density at radius 1 is 1.05 bits per heavy atom. The molecule has 0 atom stereocenters. The van der Waals surface area contributed by atoms with Crippen LogP contribution in [0.25, 0.3) is 0 Å². The Balaban J connectivity index is 2.11. The Morgan fingerprint density at radius 3 is 2.42 bits per heavy atom. The molecule has 0 saturated heterocycles. The number of nitrogens with zero attached hydrogens (tertiary/aromatic N) is 1. The predicted octanol–water partition coefficient (Wildman–Crippen LogP) is 2.35. The van der Waals surface area contributed by atoms with Crippen LogP contribution in [-0.2, 0) is 0 Å². The molecule has 19 heavy (non-hydrogen) atoms. The van der Waals surface area contributed by atoms with E-state index in [1.165, 1.54) is 7.11 Å². The number of hydrogen-bond acceptors (Lipinski definition) is 4. The average Bonchev–Trinajstić information content (AvgIpc) is 2.48. The van der Waals surface area contributed by atoms with Gasteiger partial charge in [-0.1, -0.05) is 6.07 Å². The largest absolute Gasteiger partial charge is 0.497 e. The van der Waals surface area contributed by atoms with Crippen LogP contribution in [-0.4, -0.2) is 25.1 Å². The number of methoxy groups -OCH3 is 2. The van der Waals surface area contributed by atoms with Gasteiger partial charge in [-0.25, -0.2) is 4.98 Å². The maximum atomic E-state index is 12.0. The molecule has 0 unspecified atom stereocenters. The third-order valence-electron chi connectivity index (χ3n) is 2.51. The summed E-state index contributed by atoms with van der Waals surface area (Å²) < 4.78 is 10.0. The monoisotopic (exact) mass is 258 g/mol. The maximum Gasteiger partial charge on any atom is 0.274 e. The van der Waals surface area contributed by atoms with Crippen molar-refractivity contribution in [3.63, 3.8) is 0 Å². The third-order valence-corrected chi connectivity index (χ3v) is 2.51. The molecule has 0 aliphatic rings. The number of benzene rings is 1. The summed E-state index contributed by atoms with van der Waals surface area (Å²) in [6.07, 6.45) is 0. The van der Waals surface area contributed by atoms with Crippen molar-refractivity contribution in [3.8, 4) is 11.6 Å². The van der Waals surface area contributed by atoms with Crippen molar-refractivity contribution < 1.29 is 14.3 Å². The van der Waals surface area contributed by atoms with E-state index in [4.69, 9.17) is 9.47 Å². The van der Waals surface area contributed by atoms with Crippen molar-refractivity contribution in [1.29, 1.82) is 0 Å². The molecule has 5 nitrogen and oxygen atoms in total. The van der Waals surface area contributed by atoms with E-state index in [9.17, 15) is 4.79 Å². The van der Waals surface area contributed by atoms with E-state index in [2.05, 4.69) is 10.3 Å². The molecule has 0 spiro atoms. The highest BCUT2D eigenvalue weighted by Gasteiger charge is 2.08. The molecule has 0 fully saturated rings. The van der Waals surface area contributed by atoms with E-state index >= 15 is 0 Å². The lowest BCUT2D eigenvalue weighted by atomic mass is 10.3. The quantitative estimate of drug-likeness (QED) is 0.914. The van der Waals surface area contributed by atoms with Crippen LogP contribution in [0, 0.1) is 0 Å². The molecule has 2 aromatic rings. The number of ether oxygens (including phenoxy) is 2. The van der Waals surface area contributed by atoms with Crippen LogP contribution < -0.4 is 14.8 Å². The minimum Gasteiger partial charge on any atom is -0.497 e. The number of anilines is 1. The number of pyridine rings is 1. The second-order valence-electron chi connectivity index (χ2n) is 3.75. The van der Waals surface area contributed by atoms with Crippen LogP contribution in [0.4, 0.5) is 5.69 Å². The first-order valence-corrected chi connectivity index (χ1v) is 5.69. The first-order chi connectivity index (χ1) is 9.22. The van der Waals surface area contributed by atoms with Crippen LogP contribution in [0.15, 0.2) is 42.5 Å². The lowest BCUT2D eigenvalue weighted by Gasteiger charge is -2.06. The summed E-state index contributed by atoms with van der Waals surface area (Å²) in [6, 6.07) is 12.1. The Bertz CT molecular complexity index is 567. The standard InChI is InChI=1S/C14H14N2O3/c1-18-11-8-6-10(7-9-11)15-14(17)12-4-3-5-13(16-12)19-2/h3-9H,1-2H3,(H,15,17). The SMILES string of the molecule is COc1ccc(NC(=O)c2cccc(OC)n2)cc1. The van der Waals surface area contributed by atoms with Crippen LogP contribution in [0.1, 0.15) is 10.5 Å². The Kier molecular flexibility index (Phi) is 3.97. The smallest absolute Gasteiger partial charge is 0.274 e. The Morgan fingerprint density at radius 2 is 1.79 bits per heavy atom. The molecule has 98 valence electrons. The molecule has 1 amide bonds. The van der Waals surface area contributed by atoms with Gasteiger partial charge in [0.05, 0.1) is 14.2 Å². The van der Waals surface area contributed by atoms with Gasteiger partial charge >= 0.3 is 0 Å². The van der Waals surface area contributed by atoms with Crippen molar-refractivity contribution in [1.82, 2.24) is 4.98 Å². The van der Waals surface area contributed by atoms with Gasteiger partial charge in [0.1, 0.15) is 11.4 Å². The van der Waals surface area contributed by atoms with Gasteiger partial charge < -0.3 is 14.8 Å². The number of hydrogen-bond donors (Lipinski definition) is 1. The third kappa shape index (κ3) is 3.22. The zero-order chi connectivity index (χ0) is 13.7. The zero-order valence-corrected chi connectivity index (χ0v) is 10.7. The normalized spacial score (nSPS) is 9.79. The summed E-state index contributed by atoms with van der Waals surface area (Å²) in [5, 5.41) is 2.75. The molecule has 0 saturated carbocycles. The molecule has 2 rings (SSSR count). The van der Waals surface area contributed by atoms with Crippen molar-refractivity contribution in [2.75, 3.05) is 19.5 Å². The highest BCUT2D eigenvalue weighted by atomic mass is 16.5. The first-order valence-electron chi connectivity index (χ1n) is 5.69. The lowest BCUT2D eigenvalue weighted by Crippen LogP contribution is -2.13. The molecular weight excluding hydrogens is 244 g/mol. The molecule has 1 heterocycles. The fraction of sp³-hybridized carbons (Fsp3) is 0.143. The molecule has 0 radical (unpaired) electrons. The number of aromatic nitrogens is 1. The highest BCUT2D eigenvalue weighted by molar-refractivity contribution is 6.02. The second-order valence-corrected chi connectivity index (χ2v) is 3.75. The Labute approximate surface area is 111 Å². The number of rotatable bonds is 4. The van der Waals surface area contributed by atoms with Gasteiger partial charge in [-0.2, -0.15) is 0 Å². The van der Waals surface area contributed by atoms with E-state index in [0.717, 1.165) is 5.75 Å². The lowest BCUT2D eigenvalue weighted by molar-refractivity contribution is 0.102. The van der Waals surface area contributed by atoms with Gasteiger partial charge in [0.2, 0.25) is 5.88 Å². The fourth-order valence-corrected chi connectivity index (χ4v) is 1.52. The Hall–Kier alpha value is -2.56. The van der Waals surface area contributed by atoms with Gasteiger partial charge in [-0.3, -0.25) is 4.79 Å². The van der Waals surface area contributed by atoms with Gasteiger partial charge in [0.25, 0.3) is 5.91 Å². The van der Waals surface area contributed by atoms with E-state index in [0.29, 0.717) is 17.3 Å². The van der Waals surface area contributed by atoms with E-state index in [1.807, 2.05) is 0 Å². The number of amides is 1. The molecule has 5 heteroatoms. The van der Waals surface area contributed by atoms with Gasteiger partial charge in [-0.15, -0.1) is 0 Å². The molecule has 1 N–H and O–H groups in total. The first kappa shape index (κ1) is 12.9. The van der Waals surface area contributed by atoms with Crippen LogP contribution >= 0.6 is 0 Å². The summed E-state index contributed by atoms with van der Waals surface area (Å²) in [5.41, 5.74) is 0.977. The number of carbonyl (C=O) groups excluding carboxylic acids is 1. The highest BCUT2D eigenvalue weighted by Crippen LogP contribution is 2.16. The predicted molar refractivity (Wildman–Crippen MR) is 71.7 cm³/mol. The van der Waals surface area contributed by atoms with Crippen molar-refractivity contribution in [2.45, 2.75) is 0 Å². The van der Waals surface area contributed by atoms with Crippen molar-refractivity contribution >= 4 is 11.6 Å². The van der Waals surface area contributed by atoms with Crippen LogP contribution in [0.5, 0.6) is 11.6 Å². The number of nitrogens with one attached hydrogen (secondary N) is 1. The molecule has 0 bridgehead atoms. The second kappa shape index (κ2) is 5.86. The molecule has 0 aliphatic carbocycles. The fourth-order valence-electron chi connectivity index (χ4n) is 1.52. The molecule has 1 aromatic heterocycles. The van der Waals surface area contributed by atoms with Gasteiger partial charge in [-0.05, 0) is 30.3 Å². The van der Waals surface area contributed by atoms with E-state index < -0.39 is 0 Å². The van der Waals surface area contributed by atoms with E-state index in [-0.39, 0.29) is 5.91 Å². The average molecular weight is 258 g/mol. The molecule has 0 aliphatic heterocycles. The minimum absolute atomic E-state index is 0.288. The van der Waals surface area contributed by atoms with Crippen LogP contribution in [0.3, 0.4) is 0 Å². The minimum atomic E-state index is -0.288. The van der Waals surface area contributed by atoms with Crippen LogP contribution in [0.2, 0.25) is 0 Å². The maximum absolute atomic E-state index is 12.0.